The number of nitrogens with zero attached hydrogens (tertiary/aromatic N) is 2. The van der Waals surface area contributed by atoms with Crippen LogP contribution in [0.15, 0.2) is 12.4 Å². The van der Waals surface area contributed by atoms with E-state index in [0.717, 1.165) is 18.8 Å². The number of carbonyl (C=O) groups is 1. The van der Waals surface area contributed by atoms with E-state index in [2.05, 4.69) is 21.8 Å². The minimum Gasteiger partial charge on any atom is -0.368 e. The van der Waals surface area contributed by atoms with E-state index in [1.54, 1.807) is 13.1 Å². The number of carbonyl (C=O) groups excluding carboxylic acids is 1. The summed E-state index contributed by atoms with van der Waals surface area (Å²) in [4.78, 5) is 15.0. The van der Waals surface area contributed by atoms with Crippen LogP contribution in [0.2, 0.25) is 0 Å². The van der Waals surface area contributed by atoms with Crippen molar-refractivity contribution in [1.29, 1.82) is 0 Å². The van der Waals surface area contributed by atoms with Crippen LogP contribution in [0.25, 0.3) is 0 Å². The molecule has 15 heavy (non-hydrogen) atoms. The van der Waals surface area contributed by atoms with Crippen molar-refractivity contribution in [2.75, 3.05) is 0 Å². The molecule has 0 aliphatic rings. The number of rotatable bonds is 6. The fourth-order valence-electron chi connectivity index (χ4n) is 1.30. The standard InChI is InChI=1S/C10H18N4O/c1-3-5-14-6-4-12-9(14)7-13-8(2)10(11)15/h4,6,8,13H,3,5,7H2,1-2H3,(H2,11,15). The molecule has 1 atom stereocenters. The Morgan fingerprint density at radius 1 is 1.73 bits per heavy atom. The van der Waals surface area contributed by atoms with E-state index in [4.69, 9.17) is 5.73 Å². The number of aromatic nitrogens is 2. The highest BCUT2D eigenvalue weighted by atomic mass is 16.1. The maximum atomic E-state index is 10.8. The molecule has 0 radical (unpaired) electrons. The van der Waals surface area contributed by atoms with Gasteiger partial charge in [0.2, 0.25) is 5.91 Å². The van der Waals surface area contributed by atoms with Crippen LogP contribution in [0.3, 0.4) is 0 Å². The van der Waals surface area contributed by atoms with Gasteiger partial charge in [-0.05, 0) is 13.3 Å². The van der Waals surface area contributed by atoms with E-state index in [1.165, 1.54) is 0 Å². The topological polar surface area (TPSA) is 72.9 Å². The zero-order chi connectivity index (χ0) is 11.3. The largest absolute Gasteiger partial charge is 0.368 e. The number of hydrogen-bond donors (Lipinski definition) is 2. The number of nitrogens with one attached hydrogen (secondary N) is 1. The molecule has 0 saturated carbocycles. The quantitative estimate of drug-likeness (QED) is 0.707. The third-order valence-corrected chi connectivity index (χ3v) is 2.26. The molecule has 1 unspecified atom stereocenters. The Labute approximate surface area is 89.7 Å². The zero-order valence-electron chi connectivity index (χ0n) is 9.23. The van der Waals surface area contributed by atoms with E-state index >= 15 is 0 Å². The van der Waals surface area contributed by atoms with E-state index in [9.17, 15) is 4.79 Å². The van der Waals surface area contributed by atoms with Crippen LogP contribution in [0.1, 0.15) is 26.1 Å². The number of primary amides is 1. The van der Waals surface area contributed by atoms with Crippen LogP contribution in [-0.2, 0) is 17.9 Å². The van der Waals surface area contributed by atoms with Gasteiger partial charge in [0.05, 0.1) is 12.6 Å². The lowest BCUT2D eigenvalue weighted by Crippen LogP contribution is -2.38. The predicted molar refractivity (Wildman–Crippen MR) is 58.0 cm³/mol. The maximum absolute atomic E-state index is 10.8. The number of nitrogens with two attached hydrogens (primary N) is 1. The molecule has 1 rings (SSSR count). The number of amides is 1. The van der Waals surface area contributed by atoms with Crippen molar-refractivity contribution in [3.8, 4) is 0 Å². The molecule has 1 heterocycles. The first-order valence-electron chi connectivity index (χ1n) is 5.17. The molecule has 5 heteroatoms. The molecule has 1 aromatic rings. The molecule has 0 aliphatic carbocycles. The summed E-state index contributed by atoms with van der Waals surface area (Å²) < 4.78 is 2.07. The molecule has 0 aromatic carbocycles. The molecule has 1 amide bonds. The van der Waals surface area contributed by atoms with Crippen LogP contribution in [0, 0.1) is 0 Å². The van der Waals surface area contributed by atoms with Crippen LogP contribution in [0.5, 0.6) is 0 Å². The van der Waals surface area contributed by atoms with Gasteiger partial charge in [0.25, 0.3) is 0 Å². The Hall–Kier alpha value is -1.36. The van der Waals surface area contributed by atoms with Crippen LogP contribution in [0.4, 0.5) is 0 Å². The lowest BCUT2D eigenvalue weighted by Gasteiger charge is -2.11. The SMILES string of the molecule is CCCn1ccnc1CNC(C)C(N)=O. The minimum absolute atomic E-state index is 0.322. The Morgan fingerprint density at radius 3 is 3.07 bits per heavy atom. The van der Waals surface area contributed by atoms with Gasteiger partial charge in [0.15, 0.2) is 0 Å². The van der Waals surface area contributed by atoms with Crippen molar-refractivity contribution in [3.63, 3.8) is 0 Å². The third-order valence-electron chi connectivity index (χ3n) is 2.26. The highest BCUT2D eigenvalue weighted by Crippen LogP contribution is 1.99. The Balaban J connectivity index is 2.49. The van der Waals surface area contributed by atoms with Gasteiger partial charge in [-0.25, -0.2) is 4.98 Å². The van der Waals surface area contributed by atoms with Crippen molar-refractivity contribution >= 4 is 5.91 Å². The second kappa shape index (κ2) is 5.50. The number of imidazole rings is 1. The third kappa shape index (κ3) is 3.36. The van der Waals surface area contributed by atoms with E-state index in [0.29, 0.717) is 6.54 Å². The lowest BCUT2D eigenvalue weighted by molar-refractivity contribution is -0.119. The minimum atomic E-state index is -0.344. The van der Waals surface area contributed by atoms with Gasteiger partial charge in [0.1, 0.15) is 5.82 Å². The molecular formula is C10H18N4O. The Morgan fingerprint density at radius 2 is 2.47 bits per heavy atom. The summed E-state index contributed by atoms with van der Waals surface area (Å²) in [7, 11) is 0. The second-order valence-electron chi connectivity index (χ2n) is 3.54. The number of aryl methyl sites for hydroxylation is 1. The summed E-state index contributed by atoms with van der Waals surface area (Å²) >= 11 is 0. The Kier molecular flexibility index (Phi) is 4.30. The first-order chi connectivity index (χ1) is 7.15. The van der Waals surface area contributed by atoms with E-state index in [-0.39, 0.29) is 11.9 Å². The van der Waals surface area contributed by atoms with Crippen molar-refractivity contribution in [1.82, 2.24) is 14.9 Å². The fourth-order valence-corrected chi connectivity index (χ4v) is 1.30. The van der Waals surface area contributed by atoms with Gasteiger partial charge in [-0.2, -0.15) is 0 Å². The summed E-state index contributed by atoms with van der Waals surface area (Å²) in [6.07, 6.45) is 4.77. The van der Waals surface area contributed by atoms with Crippen molar-refractivity contribution in [3.05, 3.63) is 18.2 Å². The molecular weight excluding hydrogens is 192 g/mol. The molecule has 0 saturated heterocycles. The van der Waals surface area contributed by atoms with E-state index < -0.39 is 0 Å². The average Bonchev–Trinajstić information content (AvgIpc) is 2.62. The van der Waals surface area contributed by atoms with Crippen LogP contribution < -0.4 is 11.1 Å². The molecule has 5 nitrogen and oxygen atoms in total. The maximum Gasteiger partial charge on any atom is 0.234 e. The zero-order valence-corrected chi connectivity index (χ0v) is 9.23. The van der Waals surface area contributed by atoms with Gasteiger partial charge in [-0.1, -0.05) is 6.92 Å². The lowest BCUT2D eigenvalue weighted by atomic mass is 10.3. The van der Waals surface area contributed by atoms with Crippen LogP contribution >= 0.6 is 0 Å². The van der Waals surface area contributed by atoms with E-state index in [1.807, 2.05) is 6.20 Å². The van der Waals surface area contributed by atoms with Gasteiger partial charge >= 0.3 is 0 Å². The molecule has 84 valence electrons. The van der Waals surface area contributed by atoms with Crippen molar-refractivity contribution in [2.45, 2.75) is 39.4 Å². The normalized spacial score (nSPS) is 12.7. The van der Waals surface area contributed by atoms with Gasteiger partial charge in [-0.15, -0.1) is 0 Å². The molecule has 3 N–H and O–H groups in total. The second-order valence-corrected chi connectivity index (χ2v) is 3.54. The predicted octanol–water partition coefficient (Wildman–Crippen LogP) is 0.256. The monoisotopic (exact) mass is 210 g/mol. The first-order valence-corrected chi connectivity index (χ1v) is 5.17. The summed E-state index contributed by atoms with van der Waals surface area (Å²) in [6, 6.07) is -0.322. The molecule has 0 aliphatic heterocycles. The van der Waals surface area contributed by atoms with Gasteiger partial charge in [0, 0.05) is 18.9 Å². The summed E-state index contributed by atoms with van der Waals surface area (Å²) in [5, 5.41) is 3.03. The highest BCUT2D eigenvalue weighted by Gasteiger charge is 2.09. The van der Waals surface area contributed by atoms with Crippen molar-refractivity contribution < 1.29 is 4.79 Å². The summed E-state index contributed by atoms with van der Waals surface area (Å²) in [6.45, 7) is 5.37. The molecule has 0 bridgehead atoms. The number of hydrogen-bond acceptors (Lipinski definition) is 3. The fraction of sp³-hybridized carbons (Fsp3) is 0.600. The summed E-state index contributed by atoms with van der Waals surface area (Å²) in [5.41, 5.74) is 5.14. The van der Waals surface area contributed by atoms with Gasteiger partial charge in [-0.3, -0.25) is 10.1 Å². The van der Waals surface area contributed by atoms with Crippen LogP contribution in [-0.4, -0.2) is 21.5 Å². The molecule has 0 fully saturated rings. The van der Waals surface area contributed by atoms with Crippen molar-refractivity contribution in [2.24, 2.45) is 5.73 Å². The smallest absolute Gasteiger partial charge is 0.234 e. The first kappa shape index (κ1) is 11.7. The van der Waals surface area contributed by atoms with Gasteiger partial charge < -0.3 is 10.3 Å². The Bertz CT molecular complexity index is 321. The summed E-state index contributed by atoms with van der Waals surface area (Å²) in [5.74, 6) is 0.591. The molecule has 1 aromatic heterocycles. The average molecular weight is 210 g/mol. The highest BCUT2D eigenvalue weighted by molar-refractivity contribution is 5.79. The molecule has 0 spiro atoms.